The van der Waals surface area contributed by atoms with Gasteiger partial charge in [-0.2, -0.15) is 0 Å². The molecule has 1 aromatic heterocycles. The van der Waals surface area contributed by atoms with Crippen LogP contribution in [0.25, 0.3) is 0 Å². The highest BCUT2D eigenvalue weighted by molar-refractivity contribution is 7.09. The lowest BCUT2D eigenvalue weighted by atomic mass is 9.94. The van der Waals surface area contributed by atoms with Crippen molar-refractivity contribution in [3.8, 4) is 0 Å². The topological polar surface area (TPSA) is 83.9 Å². The predicted molar refractivity (Wildman–Crippen MR) is 114 cm³/mol. The first kappa shape index (κ1) is 22.3. The fourth-order valence-electron chi connectivity index (χ4n) is 4.25. The van der Waals surface area contributed by atoms with Gasteiger partial charge in [-0.15, -0.1) is 11.3 Å². The standard InChI is InChI=1S/C22H28FN3O4S/c23-18-4-2-1-3-15(18)10-25-21(28)9-17-5-6-19-20(30-17)14-29-13-16(27)11-26(19)12-22-24-7-8-31-22/h1-4,7-8,16-17,19-20,27H,5-6,9-14H2,(H,25,28)/t16-,17+,19-,20+/m1/s1. The number of thiazole rings is 1. The van der Waals surface area contributed by atoms with E-state index in [1.165, 1.54) is 6.07 Å². The minimum absolute atomic E-state index is 0.0941. The van der Waals surface area contributed by atoms with Crippen LogP contribution < -0.4 is 5.32 Å². The molecule has 2 fully saturated rings. The van der Waals surface area contributed by atoms with Gasteiger partial charge < -0.3 is 19.9 Å². The molecule has 1 amide bonds. The van der Waals surface area contributed by atoms with Crippen molar-refractivity contribution in [3.63, 3.8) is 0 Å². The summed E-state index contributed by atoms with van der Waals surface area (Å²) < 4.78 is 25.7. The predicted octanol–water partition coefficient (Wildman–Crippen LogP) is 2.10. The summed E-state index contributed by atoms with van der Waals surface area (Å²) in [4.78, 5) is 19.0. The first-order valence-corrected chi connectivity index (χ1v) is 11.5. The first-order valence-electron chi connectivity index (χ1n) is 10.6. The maximum absolute atomic E-state index is 13.7. The maximum Gasteiger partial charge on any atom is 0.222 e. The summed E-state index contributed by atoms with van der Waals surface area (Å²) in [5.74, 6) is -0.484. The molecule has 168 valence electrons. The highest BCUT2D eigenvalue weighted by Gasteiger charge is 2.38. The number of ether oxygens (including phenoxy) is 2. The van der Waals surface area contributed by atoms with Gasteiger partial charge in [-0.25, -0.2) is 9.37 Å². The summed E-state index contributed by atoms with van der Waals surface area (Å²) in [5.41, 5.74) is 0.463. The second-order valence-electron chi connectivity index (χ2n) is 8.06. The van der Waals surface area contributed by atoms with E-state index in [0.29, 0.717) is 25.3 Å². The molecule has 0 bridgehead atoms. The molecule has 4 rings (SSSR count). The molecule has 2 aliphatic heterocycles. The van der Waals surface area contributed by atoms with Gasteiger partial charge in [0.05, 0.1) is 44.5 Å². The minimum atomic E-state index is -0.553. The SMILES string of the molecule is O=C(C[C@@H]1CC[C@@H]2[C@H](COC[C@H](O)CN2Cc2nccs2)O1)NCc1ccccc1F. The Morgan fingerprint density at radius 2 is 2.19 bits per heavy atom. The number of carbonyl (C=O) groups is 1. The van der Waals surface area contributed by atoms with E-state index >= 15 is 0 Å². The molecule has 1 aromatic carbocycles. The number of aromatic nitrogens is 1. The highest BCUT2D eigenvalue weighted by Crippen LogP contribution is 2.29. The zero-order valence-electron chi connectivity index (χ0n) is 17.3. The van der Waals surface area contributed by atoms with Crippen LogP contribution in [0.2, 0.25) is 0 Å². The number of hydrogen-bond donors (Lipinski definition) is 2. The molecule has 9 heteroatoms. The van der Waals surface area contributed by atoms with Crippen LogP contribution in [0.15, 0.2) is 35.8 Å². The Hall–Kier alpha value is -1.91. The molecule has 31 heavy (non-hydrogen) atoms. The molecule has 0 unspecified atom stereocenters. The normalized spacial score (nSPS) is 27.2. The van der Waals surface area contributed by atoms with Crippen LogP contribution in [-0.2, 0) is 27.4 Å². The molecule has 0 saturated carbocycles. The molecule has 7 nitrogen and oxygen atoms in total. The monoisotopic (exact) mass is 449 g/mol. The van der Waals surface area contributed by atoms with E-state index in [1.807, 2.05) is 5.38 Å². The molecule has 2 aliphatic rings. The fraction of sp³-hybridized carbons (Fsp3) is 0.545. The number of β-amino-alcohol motifs (C(OH)–C–C–N with tert-alkyl or cyclic N) is 1. The smallest absolute Gasteiger partial charge is 0.222 e. The lowest BCUT2D eigenvalue weighted by molar-refractivity contribution is -0.158. The summed E-state index contributed by atoms with van der Waals surface area (Å²) in [7, 11) is 0. The van der Waals surface area contributed by atoms with Crippen molar-refractivity contribution >= 4 is 17.2 Å². The van der Waals surface area contributed by atoms with E-state index in [2.05, 4.69) is 15.2 Å². The largest absolute Gasteiger partial charge is 0.389 e. The molecular formula is C22H28FN3O4S. The van der Waals surface area contributed by atoms with Gasteiger partial charge in [0.1, 0.15) is 10.8 Å². The molecule has 2 N–H and O–H groups in total. The number of aliphatic hydroxyl groups is 1. The van der Waals surface area contributed by atoms with Crippen LogP contribution in [0.5, 0.6) is 0 Å². The van der Waals surface area contributed by atoms with Crippen LogP contribution in [0.3, 0.4) is 0 Å². The summed E-state index contributed by atoms with van der Waals surface area (Å²) in [5, 5.41) is 16.0. The van der Waals surface area contributed by atoms with Gasteiger partial charge >= 0.3 is 0 Å². The van der Waals surface area contributed by atoms with Gasteiger partial charge in [0.15, 0.2) is 0 Å². The number of amides is 1. The summed E-state index contributed by atoms with van der Waals surface area (Å²) in [6.07, 6.45) is 2.65. The van der Waals surface area contributed by atoms with Crippen LogP contribution >= 0.6 is 11.3 Å². The molecule has 4 atom stereocenters. The highest BCUT2D eigenvalue weighted by atomic mass is 32.1. The van der Waals surface area contributed by atoms with Crippen LogP contribution in [0, 0.1) is 5.82 Å². The number of nitrogens with one attached hydrogen (secondary N) is 1. The van der Waals surface area contributed by atoms with E-state index in [1.54, 1.807) is 35.7 Å². The number of benzene rings is 1. The second kappa shape index (κ2) is 10.6. The Bertz CT molecular complexity index is 853. The Kier molecular flexibility index (Phi) is 7.62. The van der Waals surface area contributed by atoms with E-state index in [0.717, 1.165) is 17.8 Å². The van der Waals surface area contributed by atoms with Gasteiger partial charge in [-0.05, 0) is 18.9 Å². The van der Waals surface area contributed by atoms with Crippen molar-refractivity contribution in [3.05, 3.63) is 52.2 Å². The zero-order valence-corrected chi connectivity index (χ0v) is 18.1. The number of fused-ring (bicyclic) bond motifs is 1. The quantitative estimate of drug-likeness (QED) is 0.703. The third-order valence-electron chi connectivity index (χ3n) is 5.76. The van der Waals surface area contributed by atoms with E-state index in [-0.39, 0.29) is 49.5 Å². The van der Waals surface area contributed by atoms with Crippen LogP contribution in [0.1, 0.15) is 29.8 Å². The molecule has 0 radical (unpaired) electrons. The minimum Gasteiger partial charge on any atom is -0.389 e. The Morgan fingerprint density at radius 3 is 3.00 bits per heavy atom. The van der Waals surface area contributed by atoms with Crippen molar-refractivity contribution in [1.82, 2.24) is 15.2 Å². The Balaban J connectivity index is 1.33. The fourth-order valence-corrected chi connectivity index (χ4v) is 4.89. The third kappa shape index (κ3) is 6.08. The third-order valence-corrected chi connectivity index (χ3v) is 6.52. The lowest BCUT2D eigenvalue weighted by Crippen LogP contribution is -2.55. The molecular weight excluding hydrogens is 421 g/mol. The van der Waals surface area contributed by atoms with E-state index in [9.17, 15) is 14.3 Å². The maximum atomic E-state index is 13.7. The molecule has 3 heterocycles. The van der Waals surface area contributed by atoms with Crippen molar-refractivity contribution in [2.24, 2.45) is 0 Å². The summed E-state index contributed by atoms with van der Waals surface area (Å²) in [6, 6.07) is 6.51. The van der Waals surface area contributed by atoms with Crippen molar-refractivity contribution in [2.75, 3.05) is 19.8 Å². The average Bonchev–Trinajstić information content (AvgIpc) is 3.25. The van der Waals surface area contributed by atoms with Crippen LogP contribution in [0.4, 0.5) is 4.39 Å². The number of nitrogens with zero attached hydrogens (tertiary/aromatic N) is 2. The van der Waals surface area contributed by atoms with Gasteiger partial charge in [-0.3, -0.25) is 9.69 Å². The molecule has 0 spiro atoms. The first-order chi connectivity index (χ1) is 15.1. The number of rotatable bonds is 6. The van der Waals surface area contributed by atoms with Gasteiger partial charge in [0.2, 0.25) is 5.91 Å². The molecule has 0 aliphatic carbocycles. The second-order valence-corrected chi connectivity index (χ2v) is 9.04. The van der Waals surface area contributed by atoms with Crippen LogP contribution in [-0.4, -0.2) is 65.0 Å². The number of carbonyl (C=O) groups excluding carboxylic acids is 1. The van der Waals surface area contributed by atoms with E-state index in [4.69, 9.17) is 9.47 Å². The number of hydrogen-bond acceptors (Lipinski definition) is 7. The van der Waals surface area contributed by atoms with Crippen molar-refractivity contribution in [1.29, 1.82) is 0 Å². The van der Waals surface area contributed by atoms with Gasteiger partial charge in [0.25, 0.3) is 0 Å². The van der Waals surface area contributed by atoms with E-state index < -0.39 is 6.10 Å². The van der Waals surface area contributed by atoms with Crippen molar-refractivity contribution < 1.29 is 23.8 Å². The summed E-state index contributed by atoms with van der Waals surface area (Å²) >= 11 is 1.60. The zero-order chi connectivity index (χ0) is 21.6. The lowest BCUT2D eigenvalue weighted by Gasteiger charge is -2.44. The average molecular weight is 450 g/mol. The summed E-state index contributed by atoms with van der Waals surface area (Å²) in [6.45, 7) is 1.95. The van der Waals surface area contributed by atoms with Crippen molar-refractivity contribution in [2.45, 2.75) is 56.7 Å². The van der Waals surface area contributed by atoms with Gasteiger partial charge in [-0.1, -0.05) is 18.2 Å². The Labute approximate surface area is 185 Å². The van der Waals surface area contributed by atoms with Gasteiger partial charge in [0, 0.05) is 36.3 Å². The number of aliphatic hydroxyl groups excluding tert-OH is 1. The number of halogens is 1. The molecule has 2 aromatic rings. The Morgan fingerprint density at radius 1 is 1.32 bits per heavy atom. The molecule has 2 saturated heterocycles.